The van der Waals surface area contributed by atoms with Crippen LogP contribution >= 0.6 is 15.9 Å². The van der Waals surface area contributed by atoms with Gasteiger partial charge in [0.2, 0.25) is 0 Å². The molecule has 1 N–H and O–H groups in total. The van der Waals surface area contributed by atoms with Crippen molar-refractivity contribution < 1.29 is 78.3 Å². The van der Waals surface area contributed by atoms with Crippen molar-refractivity contribution in [2.45, 2.75) is 31.0 Å². The maximum atomic E-state index is 10.2. The molecule has 5 heteroatoms. The molecule has 0 rings (SSSR count). The molecule has 2 nitrogen and oxygen atoms in total. The summed E-state index contributed by atoms with van der Waals surface area (Å²) in [6, 6.07) is 0. The van der Waals surface area contributed by atoms with Gasteiger partial charge in [0.15, 0.2) is 0 Å². The van der Waals surface area contributed by atoms with Gasteiger partial charge in [-0.15, -0.1) is 0 Å². The van der Waals surface area contributed by atoms with Crippen LogP contribution in [0.2, 0.25) is 0 Å². The van der Waals surface area contributed by atoms with Gasteiger partial charge in [-0.05, 0) is 6.42 Å². The Hall–Kier alpha value is 2.07. The fourth-order valence-corrected chi connectivity index (χ4v) is 0.831. The van der Waals surface area contributed by atoms with Crippen LogP contribution in [0.4, 0.5) is 0 Å². The van der Waals surface area contributed by atoms with Crippen LogP contribution in [-0.2, 0) is 4.79 Å². The SMILES string of the molecule is CCCC[C@H](Br)C(=O)O.[Br-].[K+]. The van der Waals surface area contributed by atoms with Crippen molar-refractivity contribution in [2.24, 2.45) is 0 Å². The Morgan fingerprint density at radius 2 is 2.09 bits per heavy atom. The van der Waals surface area contributed by atoms with Gasteiger partial charge in [0.05, 0.1) is 0 Å². The second kappa shape index (κ2) is 12.1. The van der Waals surface area contributed by atoms with Crippen molar-refractivity contribution in [3.63, 3.8) is 0 Å². The van der Waals surface area contributed by atoms with Crippen LogP contribution in [0.3, 0.4) is 0 Å². The van der Waals surface area contributed by atoms with E-state index in [1.807, 2.05) is 6.92 Å². The van der Waals surface area contributed by atoms with Gasteiger partial charge in [0.1, 0.15) is 4.83 Å². The Balaban J connectivity index is -0.000000320. The number of halogens is 2. The third-order valence-electron chi connectivity index (χ3n) is 1.08. The number of aliphatic carboxylic acids is 1. The molecule has 11 heavy (non-hydrogen) atoms. The van der Waals surface area contributed by atoms with Crippen LogP contribution < -0.4 is 68.4 Å². The Kier molecular flexibility index (Phi) is 20.6. The summed E-state index contributed by atoms with van der Waals surface area (Å²) < 4.78 is 0. The van der Waals surface area contributed by atoms with Crippen molar-refractivity contribution in [1.82, 2.24) is 0 Å². The number of hydrogen-bond donors (Lipinski definition) is 1. The first-order valence-corrected chi connectivity index (χ1v) is 3.97. The van der Waals surface area contributed by atoms with Crippen molar-refractivity contribution in [3.8, 4) is 0 Å². The van der Waals surface area contributed by atoms with Crippen molar-refractivity contribution in [1.29, 1.82) is 0 Å². The molecule has 0 heterocycles. The maximum Gasteiger partial charge on any atom is 1.00 e. The Bertz CT molecular complexity index is 101. The predicted octanol–water partition coefficient (Wildman–Crippen LogP) is -3.97. The number of unbranched alkanes of at least 4 members (excludes halogenated alkanes) is 1. The number of hydrogen-bond acceptors (Lipinski definition) is 1. The molecule has 0 aromatic rings. The minimum atomic E-state index is -0.761. The fraction of sp³-hybridized carbons (Fsp3) is 0.833. The number of carboxylic acids is 1. The van der Waals surface area contributed by atoms with Gasteiger partial charge in [-0.3, -0.25) is 4.79 Å². The summed E-state index contributed by atoms with van der Waals surface area (Å²) in [5.74, 6) is -0.761. The van der Waals surface area contributed by atoms with Crippen LogP contribution in [0.25, 0.3) is 0 Å². The molecule has 0 unspecified atom stereocenters. The average molecular weight is 314 g/mol. The fourth-order valence-electron chi connectivity index (χ4n) is 0.507. The summed E-state index contributed by atoms with van der Waals surface area (Å²) in [4.78, 5) is 9.81. The van der Waals surface area contributed by atoms with Crippen molar-refractivity contribution >= 4 is 21.9 Å². The van der Waals surface area contributed by atoms with Gasteiger partial charge in [-0.2, -0.15) is 0 Å². The summed E-state index contributed by atoms with van der Waals surface area (Å²) in [5, 5.41) is 8.36. The second-order valence-corrected chi connectivity index (χ2v) is 3.05. The van der Waals surface area contributed by atoms with E-state index >= 15 is 0 Å². The van der Waals surface area contributed by atoms with E-state index in [-0.39, 0.29) is 73.2 Å². The molecule has 0 aromatic heterocycles. The average Bonchev–Trinajstić information content (AvgIpc) is 1.82. The zero-order chi connectivity index (χ0) is 7.28. The molecule has 62 valence electrons. The monoisotopic (exact) mass is 312 g/mol. The first-order valence-electron chi connectivity index (χ1n) is 3.05. The molecule has 0 fully saturated rings. The van der Waals surface area contributed by atoms with E-state index < -0.39 is 5.97 Å². The first-order chi connectivity index (χ1) is 4.18. The number of carbonyl (C=O) groups is 1. The third kappa shape index (κ3) is 12.1. The third-order valence-corrected chi connectivity index (χ3v) is 1.93. The molecule has 0 aromatic carbocycles. The maximum absolute atomic E-state index is 10.2. The van der Waals surface area contributed by atoms with Crippen LogP contribution in [0, 0.1) is 0 Å². The number of alkyl halides is 1. The normalized spacial score (nSPS) is 10.7. The minimum absolute atomic E-state index is 0. The molecule has 0 saturated carbocycles. The molecule has 0 aliphatic carbocycles. The smallest absolute Gasteiger partial charge is 1.00 e. The molecule has 0 amide bonds. The Labute approximate surface area is 129 Å². The van der Waals surface area contributed by atoms with Crippen LogP contribution in [0.15, 0.2) is 0 Å². The molecule has 0 aliphatic heterocycles. The van der Waals surface area contributed by atoms with E-state index in [0.29, 0.717) is 0 Å². The summed E-state index contributed by atoms with van der Waals surface area (Å²) >= 11 is 3.04. The summed E-state index contributed by atoms with van der Waals surface area (Å²) in [6.45, 7) is 2.04. The van der Waals surface area contributed by atoms with E-state index in [0.717, 1.165) is 19.3 Å². The molecule has 0 radical (unpaired) electrons. The van der Waals surface area contributed by atoms with E-state index in [4.69, 9.17) is 5.11 Å². The van der Waals surface area contributed by atoms with E-state index in [1.165, 1.54) is 0 Å². The zero-order valence-electron chi connectivity index (χ0n) is 6.81. The van der Waals surface area contributed by atoms with Gasteiger partial charge in [-0.1, -0.05) is 35.7 Å². The van der Waals surface area contributed by atoms with Crippen LogP contribution in [0.1, 0.15) is 26.2 Å². The molecular weight excluding hydrogens is 303 g/mol. The van der Waals surface area contributed by atoms with E-state index in [1.54, 1.807) is 0 Å². The first kappa shape index (κ1) is 18.8. The van der Waals surface area contributed by atoms with E-state index in [2.05, 4.69) is 15.9 Å². The predicted molar refractivity (Wildman–Crippen MR) is 39.9 cm³/mol. The van der Waals surface area contributed by atoms with Crippen molar-refractivity contribution in [3.05, 3.63) is 0 Å². The largest absolute Gasteiger partial charge is 1.00 e. The molecule has 0 spiro atoms. The van der Waals surface area contributed by atoms with Gasteiger partial charge < -0.3 is 22.1 Å². The van der Waals surface area contributed by atoms with Crippen molar-refractivity contribution in [2.75, 3.05) is 0 Å². The molecular formula is C6H11Br2KO2. The molecule has 0 aliphatic rings. The van der Waals surface area contributed by atoms with Gasteiger partial charge in [-0.25, -0.2) is 0 Å². The summed E-state index contributed by atoms with van der Waals surface area (Å²) in [6.07, 6.45) is 2.75. The standard InChI is InChI=1S/C6H11BrO2.BrH.K/c1-2-3-4-5(7)6(8)9;;/h5H,2-4H2,1H3,(H,8,9);1H;/q;;+1/p-1/t5-;;/m0../s1. The summed E-state index contributed by atoms with van der Waals surface area (Å²) in [5.41, 5.74) is 0. The second-order valence-electron chi connectivity index (χ2n) is 1.95. The zero-order valence-corrected chi connectivity index (χ0v) is 13.1. The Morgan fingerprint density at radius 3 is 2.36 bits per heavy atom. The minimum Gasteiger partial charge on any atom is -1.00 e. The topological polar surface area (TPSA) is 37.3 Å². The number of rotatable bonds is 4. The van der Waals surface area contributed by atoms with Gasteiger partial charge in [0.25, 0.3) is 0 Å². The molecule has 0 saturated heterocycles. The van der Waals surface area contributed by atoms with Gasteiger partial charge in [0, 0.05) is 0 Å². The Morgan fingerprint density at radius 1 is 1.64 bits per heavy atom. The summed E-state index contributed by atoms with van der Waals surface area (Å²) in [7, 11) is 0. The van der Waals surface area contributed by atoms with Crippen LogP contribution in [0.5, 0.6) is 0 Å². The molecule has 1 atom stereocenters. The quantitative estimate of drug-likeness (QED) is 0.425. The number of carboxylic acid groups (broad SMARTS) is 1. The van der Waals surface area contributed by atoms with Crippen LogP contribution in [-0.4, -0.2) is 15.9 Å². The van der Waals surface area contributed by atoms with Gasteiger partial charge >= 0.3 is 57.4 Å². The van der Waals surface area contributed by atoms with E-state index in [9.17, 15) is 4.79 Å². The molecule has 0 bridgehead atoms.